The molecule has 2 rings (SSSR count). The van der Waals surface area contributed by atoms with E-state index in [1.165, 1.54) is 11.8 Å². The number of benzene rings is 2. The van der Waals surface area contributed by atoms with Crippen LogP contribution in [-0.4, -0.2) is 18.4 Å². The number of carbonyl (C=O) groups excluding carboxylic acids is 2. The predicted octanol–water partition coefficient (Wildman–Crippen LogP) is 4.25. The highest BCUT2D eigenvalue weighted by Gasteiger charge is 2.15. The van der Waals surface area contributed by atoms with Crippen LogP contribution < -0.4 is 10.2 Å². The minimum Gasteiger partial charge on any atom is -0.325 e. The summed E-state index contributed by atoms with van der Waals surface area (Å²) >= 11 is 11.9. The Balaban J connectivity index is 2.07. The number of nitriles is 1. The normalized spacial score (nSPS) is 10.0. The van der Waals surface area contributed by atoms with E-state index in [0.717, 1.165) is 0 Å². The van der Waals surface area contributed by atoms with E-state index in [1.807, 2.05) is 6.07 Å². The summed E-state index contributed by atoms with van der Waals surface area (Å²) < 4.78 is 0. The number of halogens is 2. The zero-order valence-electron chi connectivity index (χ0n) is 13.4. The standard InChI is InChI=1S/C18H15Cl2N3O2/c1-12(24)23(16-9-14(19)8-15(20)10-16)7-6-18(25)22-17-5-3-2-4-13(17)11-21/h2-5,8-10H,6-7H2,1H3,(H,22,25). The molecular weight excluding hydrogens is 361 g/mol. The van der Waals surface area contributed by atoms with Crippen LogP contribution in [0.3, 0.4) is 0 Å². The van der Waals surface area contributed by atoms with Gasteiger partial charge in [-0.2, -0.15) is 5.26 Å². The van der Waals surface area contributed by atoms with Crippen molar-refractivity contribution in [3.8, 4) is 6.07 Å². The van der Waals surface area contributed by atoms with Crippen molar-refractivity contribution >= 4 is 46.4 Å². The first-order valence-electron chi connectivity index (χ1n) is 7.44. The quantitative estimate of drug-likeness (QED) is 0.848. The number of nitrogens with one attached hydrogen (secondary N) is 1. The third-order valence-electron chi connectivity index (χ3n) is 3.42. The van der Waals surface area contributed by atoms with Gasteiger partial charge in [-0.3, -0.25) is 9.59 Å². The van der Waals surface area contributed by atoms with Crippen LogP contribution in [-0.2, 0) is 9.59 Å². The maximum Gasteiger partial charge on any atom is 0.226 e. The van der Waals surface area contributed by atoms with Gasteiger partial charge < -0.3 is 10.2 Å². The molecule has 1 N–H and O–H groups in total. The largest absolute Gasteiger partial charge is 0.325 e. The van der Waals surface area contributed by atoms with E-state index in [-0.39, 0.29) is 24.8 Å². The second kappa shape index (κ2) is 8.52. The van der Waals surface area contributed by atoms with Gasteiger partial charge >= 0.3 is 0 Å². The lowest BCUT2D eigenvalue weighted by atomic mass is 10.2. The Labute approximate surface area is 155 Å². The zero-order valence-corrected chi connectivity index (χ0v) is 14.9. The average molecular weight is 376 g/mol. The highest BCUT2D eigenvalue weighted by molar-refractivity contribution is 6.35. The fourth-order valence-corrected chi connectivity index (χ4v) is 2.79. The Bertz CT molecular complexity index is 826. The van der Waals surface area contributed by atoms with Crippen molar-refractivity contribution in [2.75, 3.05) is 16.8 Å². The van der Waals surface area contributed by atoms with Gasteiger partial charge in [-0.1, -0.05) is 35.3 Å². The summed E-state index contributed by atoms with van der Waals surface area (Å²) in [4.78, 5) is 25.5. The van der Waals surface area contributed by atoms with Crippen LogP contribution >= 0.6 is 23.2 Å². The third-order valence-corrected chi connectivity index (χ3v) is 3.86. The average Bonchev–Trinajstić information content (AvgIpc) is 2.54. The van der Waals surface area contributed by atoms with Gasteiger partial charge in [0.2, 0.25) is 11.8 Å². The van der Waals surface area contributed by atoms with Gasteiger partial charge in [0.15, 0.2) is 0 Å². The molecule has 7 heteroatoms. The number of anilines is 2. The van der Waals surface area contributed by atoms with E-state index in [9.17, 15) is 9.59 Å². The maximum atomic E-state index is 12.2. The van der Waals surface area contributed by atoms with Crippen LogP contribution in [0.1, 0.15) is 18.9 Å². The van der Waals surface area contributed by atoms with Gasteiger partial charge in [0.1, 0.15) is 6.07 Å². The predicted molar refractivity (Wildman–Crippen MR) is 98.9 cm³/mol. The molecule has 0 aliphatic heterocycles. The molecule has 0 spiro atoms. The summed E-state index contributed by atoms with van der Waals surface area (Å²) in [5.41, 5.74) is 1.34. The van der Waals surface area contributed by atoms with Crippen LogP contribution in [0, 0.1) is 11.3 Å². The maximum absolute atomic E-state index is 12.2. The third kappa shape index (κ3) is 5.21. The number of hydrogen-bond donors (Lipinski definition) is 1. The Morgan fingerprint density at radius 2 is 1.80 bits per heavy atom. The van der Waals surface area contributed by atoms with Crippen molar-refractivity contribution in [1.29, 1.82) is 5.26 Å². The van der Waals surface area contributed by atoms with E-state index in [1.54, 1.807) is 42.5 Å². The molecule has 2 aromatic carbocycles. The molecule has 25 heavy (non-hydrogen) atoms. The smallest absolute Gasteiger partial charge is 0.226 e. The summed E-state index contributed by atoms with van der Waals surface area (Å²) in [6, 6.07) is 13.5. The van der Waals surface area contributed by atoms with Gasteiger partial charge in [-0.25, -0.2) is 0 Å². The first-order chi connectivity index (χ1) is 11.9. The van der Waals surface area contributed by atoms with Crippen molar-refractivity contribution in [3.05, 3.63) is 58.1 Å². The lowest BCUT2D eigenvalue weighted by Gasteiger charge is -2.21. The second-order valence-electron chi connectivity index (χ2n) is 5.25. The molecule has 0 aromatic heterocycles. The molecule has 0 heterocycles. The molecule has 0 unspecified atom stereocenters. The van der Waals surface area contributed by atoms with Crippen molar-refractivity contribution in [2.45, 2.75) is 13.3 Å². The van der Waals surface area contributed by atoms with Gasteiger partial charge in [-0.15, -0.1) is 0 Å². The van der Waals surface area contributed by atoms with E-state index in [4.69, 9.17) is 28.5 Å². The van der Waals surface area contributed by atoms with E-state index < -0.39 is 0 Å². The van der Waals surface area contributed by atoms with E-state index in [2.05, 4.69) is 5.32 Å². The molecule has 0 radical (unpaired) electrons. The molecule has 5 nitrogen and oxygen atoms in total. The molecule has 2 amide bonds. The Hall–Kier alpha value is -2.55. The number of rotatable bonds is 5. The van der Waals surface area contributed by atoms with Crippen LogP contribution in [0.2, 0.25) is 10.0 Å². The minimum atomic E-state index is -0.304. The number of nitrogens with zero attached hydrogens (tertiary/aromatic N) is 2. The molecule has 2 aromatic rings. The van der Waals surface area contributed by atoms with Crippen molar-refractivity contribution in [1.82, 2.24) is 0 Å². The van der Waals surface area contributed by atoms with Crippen LogP contribution in [0.4, 0.5) is 11.4 Å². The fraction of sp³-hybridized carbons (Fsp3) is 0.167. The Morgan fingerprint density at radius 3 is 2.40 bits per heavy atom. The van der Waals surface area contributed by atoms with Crippen LogP contribution in [0.15, 0.2) is 42.5 Å². The number of carbonyl (C=O) groups is 2. The molecule has 128 valence electrons. The first-order valence-corrected chi connectivity index (χ1v) is 8.19. The van der Waals surface area contributed by atoms with Crippen molar-refractivity contribution in [2.24, 2.45) is 0 Å². The van der Waals surface area contributed by atoms with Gasteiger partial charge in [0.25, 0.3) is 0 Å². The zero-order chi connectivity index (χ0) is 18.4. The lowest BCUT2D eigenvalue weighted by molar-refractivity contribution is -0.117. The van der Waals surface area contributed by atoms with Crippen molar-refractivity contribution < 1.29 is 9.59 Å². The van der Waals surface area contributed by atoms with Gasteiger partial charge in [0, 0.05) is 35.6 Å². The molecule has 0 saturated carbocycles. The number of hydrogen-bond acceptors (Lipinski definition) is 3. The Morgan fingerprint density at radius 1 is 1.16 bits per heavy atom. The van der Waals surface area contributed by atoms with Crippen LogP contribution in [0.5, 0.6) is 0 Å². The SMILES string of the molecule is CC(=O)N(CCC(=O)Nc1ccccc1C#N)c1cc(Cl)cc(Cl)c1. The molecule has 0 aliphatic rings. The van der Waals surface area contributed by atoms with Crippen molar-refractivity contribution in [3.63, 3.8) is 0 Å². The minimum absolute atomic E-state index is 0.0590. The number of para-hydroxylation sites is 1. The van der Waals surface area contributed by atoms with Gasteiger partial charge in [-0.05, 0) is 30.3 Å². The highest BCUT2D eigenvalue weighted by atomic mass is 35.5. The van der Waals surface area contributed by atoms with E-state index in [0.29, 0.717) is 27.0 Å². The lowest BCUT2D eigenvalue weighted by Crippen LogP contribution is -2.32. The molecule has 0 aliphatic carbocycles. The summed E-state index contributed by atoms with van der Waals surface area (Å²) in [6.07, 6.45) is 0.0590. The van der Waals surface area contributed by atoms with Crippen LogP contribution in [0.25, 0.3) is 0 Å². The molecule has 0 bridgehead atoms. The summed E-state index contributed by atoms with van der Waals surface area (Å²) in [5, 5.41) is 12.5. The summed E-state index contributed by atoms with van der Waals surface area (Å²) in [7, 11) is 0. The summed E-state index contributed by atoms with van der Waals surface area (Å²) in [5.74, 6) is -0.536. The number of amides is 2. The fourth-order valence-electron chi connectivity index (χ4n) is 2.28. The first kappa shape index (κ1) is 18.8. The highest BCUT2D eigenvalue weighted by Crippen LogP contribution is 2.26. The molecule has 0 fully saturated rings. The van der Waals surface area contributed by atoms with E-state index >= 15 is 0 Å². The molecule has 0 saturated heterocycles. The molecule has 0 atom stereocenters. The second-order valence-corrected chi connectivity index (χ2v) is 6.13. The monoisotopic (exact) mass is 375 g/mol. The van der Waals surface area contributed by atoms with Gasteiger partial charge in [0.05, 0.1) is 11.3 Å². The molecular formula is C18H15Cl2N3O2. The Kier molecular flexibility index (Phi) is 6.40. The summed E-state index contributed by atoms with van der Waals surface area (Å²) in [6.45, 7) is 1.56. The topological polar surface area (TPSA) is 73.2 Å².